The van der Waals surface area contributed by atoms with Crippen LogP contribution in [-0.4, -0.2) is 50.3 Å². The van der Waals surface area contributed by atoms with Crippen molar-refractivity contribution in [1.82, 2.24) is 9.88 Å². The second kappa shape index (κ2) is 7.49. The average Bonchev–Trinajstić information content (AvgIpc) is 2.62. The van der Waals surface area contributed by atoms with Crippen LogP contribution in [0.4, 0.5) is 10.2 Å². The Morgan fingerprint density at radius 1 is 1.04 bits per heavy atom. The third-order valence-corrected chi connectivity index (χ3v) is 4.29. The Bertz CT molecular complexity index is 688. The lowest BCUT2D eigenvalue weighted by Crippen LogP contribution is -2.46. The van der Waals surface area contributed by atoms with Crippen molar-refractivity contribution in [2.75, 3.05) is 45.3 Å². The van der Waals surface area contributed by atoms with Crippen molar-refractivity contribution >= 4 is 5.82 Å². The zero-order valence-electron chi connectivity index (χ0n) is 14.0. The van der Waals surface area contributed by atoms with Crippen molar-refractivity contribution in [3.63, 3.8) is 0 Å². The van der Waals surface area contributed by atoms with Crippen LogP contribution in [0, 0.1) is 5.82 Å². The molecular weight excluding hydrogens is 309 g/mol. The molecule has 0 saturated carbocycles. The van der Waals surface area contributed by atoms with Crippen LogP contribution in [0.5, 0.6) is 11.5 Å². The van der Waals surface area contributed by atoms with E-state index in [1.165, 1.54) is 6.07 Å². The third-order valence-electron chi connectivity index (χ3n) is 4.29. The summed E-state index contributed by atoms with van der Waals surface area (Å²) >= 11 is 0. The number of piperazine rings is 1. The number of hydrogen-bond acceptors (Lipinski definition) is 5. The summed E-state index contributed by atoms with van der Waals surface area (Å²) in [5.74, 6) is 1.69. The van der Waals surface area contributed by atoms with Crippen LogP contribution in [0.15, 0.2) is 36.5 Å². The molecule has 0 atom stereocenters. The molecule has 3 rings (SSSR count). The molecule has 5 nitrogen and oxygen atoms in total. The van der Waals surface area contributed by atoms with Gasteiger partial charge in [-0.2, -0.15) is 0 Å². The maximum atomic E-state index is 13.9. The van der Waals surface area contributed by atoms with Crippen molar-refractivity contribution in [3.05, 3.63) is 47.9 Å². The van der Waals surface area contributed by atoms with E-state index in [-0.39, 0.29) is 5.82 Å². The largest absolute Gasteiger partial charge is 0.493 e. The van der Waals surface area contributed by atoms with Gasteiger partial charge >= 0.3 is 0 Å². The fourth-order valence-electron chi connectivity index (χ4n) is 3.05. The molecule has 128 valence electrons. The lowest BCUT2D eigenvalue weighted by molar-refractivity contribution is 0.243. The summed E-state index contributed by atoms with van der Waals surface area (Å²) in [6.45, 7) is 3.96. The van der Waals surface area contributed by atoms with Crippen LogP contribution in [0.2, 0.25) is 0 Å². The predicted molar refractivity (Wildman–Crippen MR) is 91.2 cm³/mol. The lowest BCUT2D eigenvalue weighted by Gasteiger charge is -2.35. The second-order valence-corrected chi connectivity index (χ2v) is 5.72. The predicted octanol–water partition coefficient (Wildman–Crippen LogP) is 2.56. The highest BCUT2D eigenvalue weighted by Crippen LogP contribution is 2.31. The van der Waals surface area contributed by atoms with E-state index in [4.69, 9.17) is 9.47 Å². The number of nitrogens with zero attached hydrogens (tertiary/aromatic N) is 3. The molecule has 2 aromatic rings. The number of para-hydroxylation sites is 1. The Morgan fingerprint density at radius 3 is 2.50 bits per heavy atom. The van der Waals surface area contributed by atoms with Gasteiger partial charge in [-0.25, -0.2) is 9.37 Å². The number of rotatable bonds is 5. The quantitative estimate of drug-likeness (QED) is 0.842. The minimum absolute atomic E-state index is 0.264. The van der Waals surface area contributed by atoms with Gasteiger partial charge in [0.1, 0.15) is 0 Å². The first-order chi connectivity index (χ1) is 11.7. The Morgan fingerprint density at radius 2 is 1.83 bits per heavy atom. The SMILES string of the molecule is COc1cccc(CN2CCN(c3ncccc3F)CC2)c1OC. The maximum absolute atomic E-state index is 13.9. The molecule has 0 spiro atoms. The molecule has 0 aliphatic carbocycles. The number of anilines is 1. The van der Waals surface area contributed by atoms with E-state index in [9.17, 15) is 4.39 Å². The highest BCUT2D eigenvalue weighted by atomic mass is 19.1. The number of halogens is 1. The fourth-order valence-corrected chi connectivity index (χ4v) is 3.05. The number of aromatic nitrogens is 1. The molecule has 24 heavy (non-hydrogen) atoms. The molecule has 0 radical (unpaired) electrons. The second-order valence-electron chi connectivity index (χ2n) is 5.72. The molecular formula is C18H22FN3O2. The van der Waals surface area contributed by atoms with Gasteiger partial charge in [0, 0.05) is 44.5 Å². The summed E-state index contributed by atoms with van der Waals surface area (Å²) in [4.78, 5) is 8.48. The molecule has 1 aromatic carbocycles. The van der Waals surface area contributed by atoms with E-state index in [1.54, 1.807) is 26.5 Å². The summed E-state index contributed by atoms with van der Waals surface area (Å²) in [6.07, 6.45) is 1.63. The Kier molecular flexibility index (Phi) is 5.15. The average molecular weight is 331 g/mol. The molecule has 0 amide bonds. The number of ether oxygens (including phenoxy) is 2. The lowest BCUT2D eigenvalue weighted by atomic mass is 10.1. The monoisotopic (exact) mass is 331 g/mol. The van der Waals surface area contributed by atoms with Crippen LogP contribution >= 0.6 is 0 Å². The van der Waals surface area contributed by atoms with E-state index >= 15 is 0 Å². The maximum Gasteiger partial charge on any atom is 0.165 e. The zero-order valence-corrected chi connectivity index (χ0v) is 14.0. The smallest absolute Gasteiger partial charge is 0.165 e. The van der Waals surface area contributed by atoms with Crippen molar-refractivity contribution in [2.24, 2.45) is 0 Å². The van der Waals surface area contributed by atoms with Gasteiger partial charge in [0.25, 0.3) is 0 Å². The summed E-state index contributed by atoms with van der Waals surface area (Å²) in [5, 5.41) is 0. The van der Waals surface area contributed by atoms with Crippen LogP contribution in [-0.2, 0) is 6.54 Å². The fraction of sp³-hybridized carbons (Fsp3) is 0.389. The first-order valence-electron chi connectivity index (χ1n) is 8.00. The highest BCUT2D eigenvalue weighted by molar-refractivity contribution is 5.46. The molecule has 1 fully saturated rings. The first-order valence-corrected chi connectivity index (χ1v) is 8.00. The van der Waals surface area contributed by atoms with E-state index in [0.717, 1.165) is 49.8 Å². The van der Waals surface area contributed by atoms with Gasteiger partial charge in [-0.15, -0.1) is 0 Å². The molecule has 6 heteroatoms. The van der Waals surface area contributed by atoms with Crippen molar-refractivity contribution in [1.29, 1.82) is 0 Å². The topological polar surface area (TPSA) is 37.8 Å². The third kappa shape index (κ3) is 3.43. The molecule has 2 heterocycles. The van der Waals surface area contributed by atoms with Gasteiger partial charge in [0.2, 0.25) is 0 Å². The van der Waals surface area contributed by atoms with E-state index in [0.29, 0.717) is 5.82 Å². The van der Waals surface area contributed by atoms with Crippen LogP contribution in [0.25, 0.3) is 0 Å². The normalized spacial score (nSPS) is 15.4. The molecule has 1 aliphatic heterocycles. The standard InChI is InChI=1S/C18H22FN3O2/c1-23-16-7-3-5-14(17(16)24-2)13-21-9-11-22(12-10-21)18-15(19)6-4-8-20-18/h3-8H,9-13H2,1-2H3. The van der Waals surface area contributed by atoms with Crippen molar-refractivity contribution in [2.45, 2.75) is 6.54 Å². The minimum Gasteiger partial charge on any atom is -0.493 e. The number of benzene rings is 1. The van der Waals surface area contributed by atoms with Crippen LogP contribution in [0.1, 0.15) is 5.56 Å². The Hall–Kier alpha value is -2.34. The van der Waals surface area contributed by atoms with E-state index < -0.39 is 0 Å². The Labute approximate surface area is 141 Å². The van der Waals surface area contributed by atoms with Crippen molar-refractivity contribution < 1.29 is 13.9 Å². The van der Waals surface area contributed by atoms with Crippen LogP contribution in [0.3, 0.4) is 0 Å². The van der Waals surface area contributed by atoms with Gasteiger partial charge in [-0.05, 0) is 18.2 Å². The summed E-state index contributed by atoms with van der Waals surface area (Å²) < 4.78 is 24.7. The molecule has 0 bridgehead atoms. The highest BCUT2D eigenvalue weighted by Gasteiger charge is 2.21. The van der Waals surface area contributed by atoms with Crippen LogP contribution < -0.4 is 14.4 Å². The first kappa shape index (κ1) is 16.5. The van der Waals surface area contributed by atoms with Gasteiger partial charge in [0.05, 0.1) is 14.2 Å². The minimum atomic E-state index is -0.264. The molecule has 1 saturated heterocycles. The van der Waals surface area contributed by atoms with Gasteiger partial charge in [-0.1, -0.05) is 12.1 Å². The number of pyridine rings is 1. The molecule has 0 N–H and O–H groups in total. The Balaban J connectivity index is 1.65. The van der Waals surface area contributed by atoms with E-state index in [2.05, 4.69) is 9.88 Å². The molecule has 1 aliphatic rings. The van der Waals surface area contributed by atoms with Gasteiger partial charge in [-0.3, -0.25) is 4.90 Å². The summed E-state index contributed by atoms with van der Waals surface area (Å²) in [5.41, 5.74) is 1.09. The molecule has 0 unspecified atom stereocenters. The van der Waals surface area contributed by atoms with Gasteiger partial charge < -0.3 is 14.4 Å². The van der Waals surface area contributed by atoms with E-state index in [1.807, 2.05) is 23.1 Å². The number of hydrogen-bond donors (Lipinski definition) is 0. The summed E-state index contributed by atoms with van der Waals surface area (Å²) in [7, 11) is 3.30. The zero-order chi connectivity index (χ0) is 16.9. The van der Waals surface area contributed by atoms with Gasteiger partial charge in [0.15, 0.2) is 23.1 Å². The molecule has 1 aromatic heterocycles. The summed E-state index contributed by atoms with van der Waals surface area (Å²) in [6, 6.07) is 8.98. The number of methoxy groups -OCH3 is 2. The van der Waals surface area contributed by atoms with Crippen molar-refractivity contribution in [3.8, 4) is 11.5 Å².